The Bertz CT molecular complexity index is 305. The van der Waals surface area contributed by atoms with Crippen molar-refractivity contribution in [3.8, 4) is 0 Å². The van der Waals surface area contributed by atoms with E-state index in [1.54, 1.807) is 0 Å². The van der Waals surface area contributed by atoms with E-state index in [9.17, 15) is 5.11 Å². The van der Waals surface area contributed by atoms with Crippen LogP contribution in [-0.4, -0.2) is 29.8 Å². The Morgan fingerprint density at radius 1 is 1.20 bits per heavy atom. The molecule has 1 aliphatic rings. The van der Waals surface area contributed by atoms with Gasteiger partial charge in [0.05, 0.1) is 6.61 Å². The molecule has 0 bridgehead atoms. The van der Waals surface area contributed by atoms with Crippen LogP contribution in [-0.2, 0) is 5.41 Å². The van der Waals surface area contributed by atoms with E-state index >= 15 is 0 Å². The molecule has 2 rings (SSSR count). The predicted octanol–water partition coefficient (Wildman–Crippen LogP) is 0.886. The number of hydrogen-bond donors (Lipinski definition) is 2. The highest BCUT2D eigenvalue weighted by Gasteiger charge is 2.34. The van der Waals surface area contributed by atoms with E-state index in [0.717, 1.165) is 25.9 Å². The van der Waals surface area contributed by atoms with Gasteiger partial charge in [-0.1, -0.05) is 30.3 Å². The van der Waals surface area contributed by atoms with Crippen molar-refractivity contribution in [1.82, 2.24) is 5.01 Å². The van der Waals surface area contributed by atoms with Crippen molar-refractivity contribution in [3.63, 3.8) is 0 Å². The lowest BCUT2D eigenvalue weighted by Crippen LogP contribution is -2.47. The van der Waals surface area contributed by atoms with Gasteiger partial charge >= 0.3 is 0 Å². The van der Waals surface area contributed by atoms with Gasteiger partial charge in [0.1, 0.15) is 0 Å². The zero-order valence-electron chi connectivity index (χ0n) is 8.89. The van der Waals surface area contributed by atoms with E-state index < -0.39 is 0 Å². The molecule has 3 nitrogen and oxygen atoms in total. The lowest BCUT2D eigenvalue weighted by Gasteiger charge is -2.39. The molecule has 0 aliphatic carbocycles. The van der Waals surface area contributed by atoms with E-state index in [2.05, 4.69) is 12.1 Å². The number of benzene rings is 1. The van der Waals surface area contributed by atoms with Crippen LogP contribution in [0.3, 0.4) is 0 Å². The summed E-state index contributed by atoms with van der Waals surface area (Å²) >= 11 is 0. The average molecular weight is 206 g/mol. The third-order valence-electron chi connectivity index (χ3n) is 3.44. The number of hydrogen-bond acceptors (Lipinski definition) is 3. The van der Waals surface area contributed by atoms with Gasteiger partial charge in [-0.25, -0.2) is 5.01 Å². The molecule has 0 atom stereocenters. The van der Waals surface area contributed by atoms with Crippen molar-refractivity contribution in [1.29, 1.82) is 0 Å². The summed E-state index contributed by atoms with van der Waals surface area (Å²) in [6, 6.07) is 10.3. The highest BCUT2D eigenvalue weighted by atomic mass is 16.3. The molecule has 0 aromatic heterocycles. The molecule has 1 saturated heterocycles. The van der Waals surface area contributed by atoms with Crippen molar-refractivity contribution in [3.05, 3.63) is 35.9 Å². The molecule has 3 heteroatoms. The maximum atomic E-state index is 9.62. The second-order valence-corrected chi connectivity index (χ2v) is 4.34. The first-order valence-electron chi connectivity index (χ1n) is 5.43. The van der Waals surface area contributed by atoms with Gasteiger partial charge in [-0.2, -0.15) is 0 Å². The molecule has 82 valence electrons. The van der Waals surface area contributed by atoms with Gasteiger partial charge in [0.25, 0.3) is 0 Å². The lowest BCUT2D eigenvalue weighted by molar-refractivity contribution is 0.102. The number of aliphatic hydroxyl groups is 1. The first-order chi connectivity index (χ1) is 7.27. The number of rotatable bonds is 2. The van der Waals surface area contributed by atoms with Crippen LogP contribution in [0, 0.1) is 0 Å². The standard InChI is InChI=1S/C12H18N2O/c13-14-8-6-12(10-15,7-9-14)11-4-2-1-3-5-11/h1-5,15H,6-10,13H2. The predicted molar refractivity (Wildman–Crippen MR) is 60.2 cm³/mol. The topological polar surface area (TPSA) is 49.5 Å². The maximum Gasteiger partial charge on any atom is 0.0528 e. The normalized spacial score (nSPS) is 21.5. The molecule has 1 fully saturated rings. The third kappa shape index (κ3) is 2.04. The molecule has 0 unspecified atom stereocenters. The van der Waals surface area contributed by atoms with Gasteiger partial charge in [-0.3, -0.25) is 5.84 Å². The van der Waals surface area contributed by atoms with Crippen LogP contribution in [0.2, 0.25) is 0 Å². The molecule has 0 amide bonds. The lowest BCUT2D eigenvalue weighted by atomic mass is 9.74. The summed E-state index contributed by atoms with van der Waals surface area (Å²) in [6.45, 7) is 1.93. The quantitative estimate of drug-likeness (QED) is 0.706. The van der Waals surface area contributed by atoms with Crippen molar-refractivity contribution < 1.29 is 5.11 Å². The number of aliphatic hydroxyl groups excluding tert-OH is 1. The highest BCUT2D eigenvalue weighted by molar-refractivity contribution is 5.26. The summed E-state index contributed by atoms with van der Waals surface area (Å²) in [5.74, 6) is 5.74. The van der Waals surface area contributed by atoms with Gasteiger partial charge in [0.2, 0.25) is 0 Å². The third-order valence-corrected chi connectivity index (χ3v) is 3.44. The number of hydrazine groups is 1. The molecule has 0 spiro atoms. The second-order valence-electron chi connectivity index (χ2n) is 4.34. The Balaban J connectivity index is 2.23. The zero-order chi connectivity index (χ0) is 10.7. The molecule has 3 N–H and O–H groups in total. The maximum absolute atomic E-state index is 9.62. The van der Waals surface area contributed by atoms with Gasteiger partial charge < -0.3 is 5.11 Å². The van der Waals surface area contributed by atoms with Crippen LogP contribution >= 0.6 is 0 Å². The van der Waals surface area contributed by atoms with Gasteiger partial charge in [-0.05, 0) is 18.4 Å². The summed E-state index contributed by atoms with van der Waals surface area (Å²) < 4.78 is 0. The van der Waals surface area contributed by atoms with Crippen molar-refractivity contribution in [2.24, 2.45) is 5.84 Å². The van der Waals surface area contributed by atoms with Gasteiger partial charge in [-0.15, -0.1) is 0 Å². The summed E-state index contributed by atoms with van der Waals surface area (Å²) in [4.78, 5) is 0. The summed E-state index contributed by atoms with van der Waals surface area (Å²) in [7, 11) is 0. The first-order valence-corrected chi connectivity index (χ1v) is 5.43. The Morgan fingerprint density at radius 3 is 2.33 bits per heavy atom. The molecule has 1 aromatic carbocycles. The van der Waals surface area contributed by atoms with Crippen LogP contribution in [0.5, 0.6) is 0 Å². The Labute approximate surface area is 90.5 Å². The Hall–Kier alpha value is -0.900. The fraction of sp³-hybridized carbons (Fsp3) is 0.500. The highest BCUT2D eigenvalue weighted by Crippen LogP contribution is 2.34. The van der Waals surface area contributed by atoms with Crippen molar-refractivity contribution >= 4 is 0 Å². The van der Waals surface area contributed by atoms with Crippen molar-refractivity contribution in [2.45, 2.75) is 18.3 Å². The van der Waals surface area contributed by atoms with Crippen LogP contribution < -0.4 is 5.84 Å². The number of nitrogens with two attached hydrogens (primary N) is 1. The molecule has 0 radical (unpaired) electrons. The Kier molecular flexibility index (Phi) is 3.05. The first kappa shape index (κ1) is 10.6. The van der Waals surface area contributed by atoms with Crippen LogP contribution in [0.15, 0.2) is 30.3 Å². The Morgan fingerprint density at radius 2 is 1.80 bits per heavy atom. The average Bonchev–Trinajstić information content (AvgIpc) is 2.32. The minimum absolute atomic E-state index is 0.0723. The van der Waals surface area contributed by atoms with Crippen LogP contribution in [0.4, 0.5) is 0 Å². The number of nitrogens with zero attached hydrogens (tertiary/aromatic N) is 1. The monoisotopic (exact) mass is 206 g/mol. The second kappa shape index (κ2) is 4.31. The van der Waals surface area contributed by atoms with Crippen LogP contribution in [0.1, 0.15) is 18.4 Å². The minimum atomic E-state index is -0.0723. The van der Waals surface area contributed by atoms with Gasteiger partial charge in [0, 0.05) is 18.5 Å². The van der Waals surface area contributed by atoms with Crippen LogP contribution in [0.25, 0.3) is 0 Å². The molecular weight excluding hydrogens is 188 g/mol. The van der Waals surface area contributed by atoms with E-state index in [0.29, 0.717) is 0 Å². The molecular formula is C12H18N2O. The molecule has 1 aromatic rings. The molecule has 1 heterocycles. The SMILES string of the molecule is NN1CCC(CO)(c2ccccc2)CC1. The van der Waals surface area contributed by atoms with Gasteiger partial charge in [0.15, 0.2) is 0 Å². The summed E-state index contributed by atoms with van der Waals surface area (Å²) in [5.41, 5.74) is 1.16. The number of piperidine rings is 1. The van der Waals surface area contributed by atoms with E-state index in [-0.39, 0.29) is 12.0 Å². The summed E-state index contributed by atoms with van der Waals surface area (Å²) in [5, 5.41) is 11.5. The summed E-state index contributed by atoms with van der Waals surface area (Å²) in [6.07, 6.45) is 1.87. The smallest absolute Gasteiger partial charge is 0.0528 e. The van der Waals surface area contributed by atoms with E-state index in [1.165, 1.54) is 5.56 Å². The van der Waals surface area contributed by atoms with E-state index in [4.69, 9.17) is 5.84 Å². The van der Waals surface area contributed by atoms with Crippen molar-refractivity contribution in [2.75, 3.05) is 19.7 Å². The zero-order valence-corrected chi connectivity index (χ0v) is 8.89. The molecule has 1 aliphatic heterocycles. The molecule has 0 saturated carbocycles. The molecule has 15 heavy (non-hydrogen) atoms. The fourth-order valence-electron chi connectivity index (χ4n) is 2.28. The van der Waals surface area contributed by atoms with E-state index in [1.807, 2.05) is 23.2 Å². The fourth-order valence-corrected chi connectivity index (χ4v) is 2.28. The largest absolute Gasteiger partial charge is 0.395 e. The minimum Gasteiger partial charge on any atom is -0.395 e.